The number of hydrogen-bond acceptors (Lipinski definition) is 2. The van der Waals surface area contributed by atoms with Crippen molar-refractivity contribution in [3.8, 4) is 5.75 Å². The monoisotopic (exact) mass is 331 g/mol. The summed E-state index contributed by atoms with van der Waals surface area (Å²) in [5.74, 6) is 0.785. The number of hydrogen-bond donors (Lipinski definition) is 1. The molecule has 0 aromatic heterocycles. The van der Waals surface area contributed by atoms with Crippen molar-refractivity contribution in [3.63, 3.8) is 0 Å². The van der Waals surface area contributed by atoms with Crippen LogP contribution >= 0.6 is 0 Å². The number of anilines is 1. The second-order valence-corrected chi connectivity index (χ2v) is 5.85. The zero-order valence-electron chi connectivity index (χ0n) is 14.2. The summed E-state index contributed by atoms with van der Waals surface area (Å²) in [4.78, 5) is 12.6. The number of methoxy groups -OCH3 is 1. The Morgan fingerprint density at radius 3 is 1.84 bits per heavy atom. The molecule has 0 spiro atoms. The normalized spacial score (nSPS) is 10.5. The van der Waals surface area contributed by atoms with E-state index in [1.165, 1.54) is 0 Å². The maximum atomic E-state index is 12.6. The summed E-state index contributed by atoms with van der Waals surface area (Å²) >= 11 is 0. The van der Waals surface area contributed by atoms with Gasteiger partial charge >= 0.3 is 0 Å². The predicted molar refractivity (Wildman–Crippen MR) is 101 cm³/mol. The van der Waals surface area contributed by atoms with Gasteiger partial charge in [0.2, 0.25) is 5.91 Å². The van der Waals surface area contributed by atoms with Gasteiger partial charge in [-0.2, -0.15) is 0 Å². The molecule has 0 atom stereocenters. The quantitative estimate of drug-likeness (QED) is 0.701. The average molecular weight is 331 g/mol. The van der Waals surface area contributed by atoms with E-state index in [0.717, 1.165) is 22.6 Å². The number of ether oxygens (including phenoxy) is 1. The summed E-state index contributed by atoms with van der Waals surface area (Å²) in [6.07, 6.45) is 0.389. The van der Waals surface area contributed by atoms with Crippen LogP contribution in [-0.4, -0.2) is 13.0 Å². The Kier molecular flexibility index (Phi) is 5.47. The molecule has 0 unspecified atom stereocenters. The van der Waals surface area contributed by atoms with E-state index in [9.17, 15) is 4.79 Å². The highest BCUT2D eigenvalue weighted by Crippen LogP contribution is 2.28. The SMILES string of the molecule is COc1ccc(NC(=O)CC(c2ccccc2)c2ccccc2)cc1. The molecule has 0 fully saturated rings. The van der Waals surface area contributed by atoms with Gasteiger partial charge in [0.15, 0.2) is 0 Å². The van der Waals surface area contributed by atoms with Crippen LogP contribution in [0.5, 0.6) is 5.75 Å². The lowest BCUT2D eigenvalue weighted by Gasteiger charge is -2.18. The van der Waals surface area contributed by atoms with Gasteiger partial charge in [-0.25, -0.2) is 0 Å². The molecule has 0 aliphatic carbocycles. The van der Waals surface area contributed by atoms with E-state index < -0.39 is 0 Å². The van der Waals surface area contributed by atoms with Crippen molar-refractivity contribution in [3.05, 3.63) is 96.1 Å². The second kappa shape index (κ2) is 8.15. The van der Waals surface area contributed by atoms with Crippen molar-refractivity contribution in [1.29, 1.82) is 0 Å². The topological polar surface area (TPSA) is 38.3 Å². The first-order chi connectivity index (χ1) is 12.3. The molecule has 0 saturated heterocycles. The van der Waals surface area contributed by atoms with Gasteiger partial charge in [0.05, 0.1) is 7.11 Å². The first-order valence-corrected chi connectivity index (χ1v) is 8.30. The molecule has 1 N–H and O–H groups in total. The molecule has 126 valence electrons. The van der Waals surface area contributed by atoms with Crippen LogP contribution in [0.25, 0.3) is 0 Å². The third-order valence-corrected chi connectivity index (χ3v) is 4.17. The molecule has 0 aliphatic heterocycles. The summed E-state index contributed by atoms with van der Waals surface area (Å²) in [7, 11) is 1.62. The first kappa shape index (κ1) is 16.8. The Morgan fingerprint density at radius 1 is 0.840 bits per heavy atom. The van der Waals surface area contributed by atoms with Crippen LogP contribution in [0.3, 0.4) is 0 Å². The van der Waals surface area contributed by atoms with Crippen LogP contribution < -0.4 is 10.1 Å². The fourth-order valence-electron chi connectivity index (χ4n) is 2.87. The minimum atomic E-state index is -0.0112. The summed E-state index contributed by atoms with van der Waals surface area (Å²) in [5, 5.41) is 2.97. The molecule has 0 aliphatic rings. The molecule has 3 aromatic rings. The maximum absolute atomic E-state index is 12.6. The Hall–Kier alpha value is -3.07. The van der Waals surface area contributed by atoms with Crippen molar-refractivity contribution < 1.29 is 9.53 Å². The van der Waals surface area contributed by atoms with Crippen LogP contribution in [0.4, 0.5) is 5.69 Å². The summed E-state index contributed by atoms with van der Waals surface area (Å²) in [6.45, 7) is 0. The van der Waals surface area contributed by atoms with E-state index in [1.54, 1.807) is 7.11 Å². The highest BCUT2D eigenvalue weighted by atomic mass is 16.5. The van der Waals surface area contributed by atoms with Gasteiger partial charge in [-0.05, 0) is 35.4 Å². The molecular formula is C22H21NO2. The molecule has 25 heavy (non-hydrogen) atoms. The summed E-state index contributed by atoms with van der Waals surface area (Å²) in [5.41, 5.74) is 3.04. The number of carbonyl (C=O) groups excluding carboxylic acids is 1. The highest BCUT2D eigenvalue weighted by Gasteiger charge is 2.18. The number of nitrogens with one attached hydrogen (secondary N) is 1. The zero-order chi connectivity index (χ0) is 17.5. The lowest BCUT2D eigenvalue weighted by atomic mass is 9.88. The standard InChI is InChI=1S/C22H21NO2/c1-25-20-14-12-19(13-15-20)23-22(24)16-21(17-8-4-2-5-9-17)18-10-6-3-7-11-18/h2-15,21H,16H2,1H3,(H,23,24). The van der Waals surface area contributed by atoms with Crippen molar-refractivity contribution in [2.75, 3.05) is 12.4 Å². The van der Waals surface area contributed by atoms with Gasteiger partial charge in [-0.15, -0.1) is 0 Å². The van der Waals surface area contributed by atoms with E-state index >= 15 is 0 Å². The molecule has 3 aromatic carbocycles. The van der Waals surface area contributed by atoms with Gasteiger partial charge in [0.25, 0.3) is 0 Å². The van der Waals surface area contributed by atoms with E-state index in [0.29, 0.717) is 6.42 Å². The number of carbonyl (C=O) groups is 1. The number of amides is 1. The van der Waals surface area contributed by atoms with Gasteiger partial charge in [0, 0.05) is 18.0 Å². The molecule has 3 rings (SSSR count). The van der Waals surface area contributed by atoms with Gasteiger partial charge in [0.1, 0.15) is 5.75 Å². The van der Waals surface area contributed by atoms with Crippen LogP contribution in [-0.2, 0) is 4.79 Å². The van der Waals surface area contributed by atoms with Crippen LogP contribution in [0, 0.1) is 0 Å². The first-order valence-electron chi connectivity index (χ1n) is 8.30. The molecule has 0 radical (unpaired) electrons. The minimum absolute atomic E-state index is 0.0112. The molecule has 3 heteroatoms. The molecule has 0 saturated carbocycles. The molecule has 0 bridgehead atoms. The Morgan fingerprint density at radius 2 is 1.36 bits per heavy atom. The predicted octanol–water partition coefficient (Wildman–Crippen LogP) is 4.86. The van der Waals surface area contributed by atoms with Gasteiger partial charge < -0.3 is 10.1 Å². The number of benzene rings is 3. The Bertz CT molecular complexity index is 759. The lowest BCUT2D eigenvalue weighted by molar-refractivity contribution is -0.116. The molecule has 3 nitrogen and oxygen atoms in total. The van der Waals surface area contributed by atoms with Crippen LogP contribution in [0.1, 0.15) is 23.5 Å². The molecular weight excluding hydrogens is 310 g/mol. The zero-order valence-corrected chi connectivity index (χ0v) is 14.2. The average Bonchev–Trinajstić information content (AvgIpc) is 2.68. The molecule has 1 amide bonds. The third-order valence-electron chi connectivity index (χ3n) is 4.17. The summed E-state index contributed by atoms with van der Waals surface area (Å²) in [6, 6.07) is 27.6. The second-order valence-electron chi connectivity index (χ2n) is 5.85. The fraction of sp³-hybridized carbons (Fsp3) is 0.136. The van der Waals surface area contributed by atoms with E-state index in [-0.39, 0.29) is 11.8 Å². The van der Waals surface area contributed by atoms with Crippen molar-refractivity contribution in [2.24, 2.45) is 0 Å². The maximum Gasteiger partial charge on any atom is 0.225 e. The van der Waals surface area contributed by atoms with E-state index in [2.05, 4.69) is 29.6 Å². The minimum Gasteiger partial charge on any atom is -0.497 e. The van der Waals surface area contributed by atoms with Gasteiger partial charge in [-0.1, -0.05) is 60.7 Å². The fourth-order valence-corrected chi connectivity index (χ4v) is 2.87. The van der Waals surface area contributed by atoms with E-state index in [1.807, 2.05) is 60.7 Å². The Balaban J connectivity index is 1.76. The smallest absolute Gasteiger partial charge is 0.225 e. The van der Waals surface area contributed by atoms with Gasteiger partial charge in [-0.3, -0.25) is 4.79 Å². The Labute approximate surface area is 148 Å². The summed E-state index contributed by atoms with van der Waals surface area (Å²) < 4.78 is 5.14. The van der Waals surface area contributed by atoms with Crippen molar-refractivity contribution in [1.82, 2.24) is 0 Å². The largest absolute Gasteiger partial charge is 0.497 e. The van der Waals surface area contributed by atoms with Crippen molar-refractivity contribution in [2.45, 2.75) is 12.3 Å². The van der Waals surface area contributed by atoms with Crippen LogP contribution in [0.2, 0.25) is 0 Å². The van der Waals surface area contributed by atoms with Crippen LogP contribution in [0.15, 0.2) is 84.9 Å². The van der Waals surface area contributed by atoms with Crippen molar-refractivity contribution >= 4 is 11.6 Å². The lowest BCUT2D eigenvalue weighted by Crippen LogP contribution is -2.16. The van der Waals surface area contributed by atoms with E-state index in [4.69, 9.17) is 4.74 Å². The highest BCUT2D eigenvalue weighted by molar-refractivity contribution is 5.91. The molecule has 0 heterocycles. The number of rotatable bonds is 6. The third kappa shape index (κ3) is 4.48.